The van der Waals surface area contributed by atoms with Crippen LogP contribution < -0.4 is 10.5 Å². The van der Waals surface area contributed by atoms with Crippen molar-refractivity contribution < 1.29 is 9.84 Å². The molecule has 2 atom stereocenters. The zero-order valence-corrected chi connectivity index (χ0v) is 11.2. The second-order valence-electron chi connectivity index (χ2n) is 4.46. The van der Waals surface area contributed by atoms with E-state index in [-0.39, 0.29) is 12.6 Å². The molecular weight excluding hydrogens is 242 g/mol. The molecule has 1 aromatic carbocycles. The number of benzene rings is 1. The molecule has 0 radical (unpaired) electrons. The van der Waals surface area contributed by atoms with E-state index in [2.05, 4.69) is 11.9 Å². The minimum atomic E-state index is -0.414. The SMILES string of the molecule is COc1ccc(C(C)n2cncc2C(N)CO)cc1. The number of imidazole rings is 1. The summed E-state index contributed by atoms with van der Waals surface area (Å²) in [6.45, 7) is 1.97. The lowest BCUT2D eigenvalue weighted by Crippen LogP contribution is -2.20. The number of aliphatic hydroxyl groups is 1. The van der Waals surface area contributed by atoms with E-state index in [0.717, 1.165) is 17.0 Å². The van der Waals surface area contributed by atoms with Crippen molar-refractivity contribution >= 4 is 0 Å². The minimum absolute atomic E-state index is 0.0962. The molecule has 0 aliphatic rings. The average Bonchev–Trinajstić information content (AvgIpc) is 2.95. The van der Waals surface area contributed by atoms with Crippen LogP contribution in [0.25, 0.3) is 0 Å². The van der Waals surface area contributed by atoms with Crippen molar-refractivity contribution in [1.82, 2.24) is 9.55 Å². The first-order chi connectivity index (χ1) is 9.17. The Morgan fingerprint density at radius 1 is 1.37 bits per heavy atom. The number of nitrogens with zero attached hydrogens (tertiary/aromatic N) is 2. The molecule has 0 amide bonds. The molecule has 0 aliphatic carbocycles. The van der Waals surface area contributed by atoms with E-state index < -0.39 is 6.04 Å². The van der Waals surface area contributed by atoms with Crippen LogP contribution in [0.1, 0.15) is 30.3 Å². The highest BCUT2D eigenvalue weighted by molar-refractivity contribution is 5.29. The van der Waals surface area contributed by atoms with Gasteiger partial charge in [0.05, 0.1) is 37.8 Å². The normalized spacial score (nSPS) is 14.1. The van der Waals surface area contributed by atoms with Gasteiger partial charge < -0.3 is 20.1 Å². The maximum atomic E-state index is 9.17. The molecule has 1 aromatic heterocycles. The number of rotatable bonds is 5. The highest BCUT2D eigenvalue weighted by Gasteiger charge is 2.16. The summed E-state index contributed by atoms with van der Waals surface area (Å²) in [5, 5.41) is 9.17. The third-order valence-corrected chi connectivity index (χ3v) is 3.29. The van der Waals surface area contributed by atoms with Crippen LogP contribution in [0.3, 0.4) is 0 Å². The van der Waals surface area contributed by atoms with Crippen LogP contribution in [-0.2, 0) is 0 Å². The van der Waals surface area contributed by atoms with Crippen LogP contribution in [0.15, 0.2) is 36.8 Å². The molecular formula is C14H19N3O2. The lowest BCUT2D eigenvalue weighted by Gasteiger charge is -2.19. The fourth-order valence-corrected chi connectivity index (χ4v) is 2.06. The van der Waals surface area contributed by atoms with Gasteiger partial charge in [-0.3, -0.25) is 0 Å². The van der Waals surface area contributed by atoms with E-state index in [0.29, 0.717) is 0 Å². The highest BCUT2D eigenvalue weighted by Crippen LogP contribution is 2.23. The predicted octanol–water partition coefficient (Wildman–Crippen LogP) is 1.49. The molecule has 1 heterocycles. The molecule has 0 saturated heterocycles. The molecule has 102 valence electrons. The molecule has 0 spiro atoms. The molecule has 0 fully saturated rings. The van der Waals surface area contributed by atoms with Gasteiger partial charge in [0.15, 0.2) is 0 Å². The molecule has 19 heavy (non-hydrogen) atoms. The second-order valence-corrected chi connectivity index (χ2v) is 4.46. The van der Waals surface area contributed by atoms with Gasteiger partial charge in [-0.15, -0.1) is 0 Å². The first kappa shape index (κ1) is 13.6. The summed E-state index contributed by atoms with van der Waals surface area (Å²) >= 11 is 0. The first-order valence-electron chi connectivity index (χ1n) is 6.19. The van der Waals surface area contributed by atoms with Crippen molar-refractivity contribution in [3.63, 3.8) is 0 Å². The van der Waals surface area contributed by atoms with Gasteiger partial charge in [0, 0.05) is 6.20 Å². The molecule has 0 aliphatic heterocycles. The number of hydrogen-bond acceptors (Lipinski definition) is 4. The molecule has 5 nitrogen and oxygen atoms in total. The zero-order chi connectivity index (χ0) is 13.8. The standard InChI is InChI=1S/C14H19N3O2/c1-10(11-3-5-12(19-2)6-4-11)17-9-16-7-14(17)13(15)8-18/h3-7,9-10,13,18H,8,15H2,1-2H3. The third kappa shape index (κ3) is 2.77. The van der Waals surface area contributed by atoms with E-state index in [1.54, 1.807) is 19.6 Å². The van der Waals surface area contributed by atoms with E-state index in [4.69, 9.17) is 15.6 Å². The van der Waals surface area contributed by atoms with E-state index >= 15 is 0 Å². The minimum Gasteiger partial charge on any atom is -0.497 e. The van der Waals surface area contributed by atoms with Crippen LogP contribution in [0.4, 0.5) is 0 Å². The summed E-state index contributed by atoms with van der Waals surface area (Å²) in [6, 6.07) is 7.56. The molecule has 2 unspecified atom stereocenters. The Morgan fingerprint density at radius 3 is 2.63 bits per heavy atom. The number of aromatic nitrogens is 2. The maximum absolute atomic E-state index is 9.17. The Labute approximate surface area is 112 Å². The topological polar surface area (TPSA) is 73.3 Å². The molecule has 5 heteroatoms. The molecule has 0 bridgehead atoms. The van der Waals surface area contributed by atoms with Gasteiger partial charge in [-0.25, -0.2) is 4.98 Å². The van der Waals surface area contributed by atoms with Crippen molar-refractivity contribution in [2.45, 2.75) is 19.0 Å². The lowest BCUT2D eigenvalue weighted by atomic mass is 10.1. The van der Waals surface area contributed by atoms with Gasteiger partial charge in [0.1, 0.15) is 5.75 Å². The van der Waals surface area contributed by atoms with Crippen molar-refractivity contribution in [2.75, 3.05) is 13.7 Å². The maximum Gasteiger partial charge on any atom is 0.118 e. The fourth-order valence-electron chi connectivity index (χ4n) is 2.06. The Balaban J connectivity index is 2.28. The monoisotopic (exact) mass is 261 g/mol. The van der Waals surface area contributed by atoms with Crippen molar-refractivity contribution in [1.29, 1.82) is 0 Å². The number of hydrogen-bond donors (Lipinski definition) is 2. The zero-order valence-electron chi connectivity index (χ0n) is 11.2. The van der Waals surface area contributed by atoms with Crippen LogP contribution in [0.5, 0.6) is 5.75 Å². The molecule has 2 rings (SSSR count). The van der Waals surface area contributed by atoms with Crippen molar-refractivity contribution in [3.8, 4) is 5.75 Å². The van der Waals surface area contributed by atoms with E-state index in [1.807, 2.05) is 28.8 Å². The summed E-state index contributed by atoms with van der Waals surface area (Å²) in [5.41, 5.74) is 7.82. The highest BCUT2D eigenvalue weighted by atomic mass is 16.5. The fraction of sp³-hybridized carbons (Fsp3) is 0.357. The van der Waals surface area contributed by atoms with Crippen LogP contribution >= 0.6 is 0 Å². The first-order valence-corrected chi connectivity index (χ1v) is 6.19. The van der Waals surface area contributed by atoms with Gasteiger partial charge in [-0.2, -0.15) is 0 Å². The Bertz CT molecular complexity index is 522. The van der Waals surface area contributed by atoms with Crippen LogP contribution in [-0.4, -0.2) is 28.4 Å². The van der Waals surface area contributed by atoms with Crippen LogP contribution in [0, 0.1) is 0 Å². The van der Waals surface area contributed by atoms with Crippen molar-refractivity contribution in [3.05, 3.63) is 48.0 Å². The summed E-state index contributed by atoms with van der Waals surface area (Å²) in [5.74, 6) is 0.828. The Morgan fingerprint density at radius 2 is 2.05 bits per heavy atom. The second kappa shape index (κ2) is 5.86. The number of ether oxygens (including phenoxy) is 1. The van der Waals surface area contributed by atoms with E-state index in [1.165, 1.54) is 0 Å². The summed E-state index contributed by atoms with van der Waals surface area (Å²) in [4.78, 5) is 4.12. The van der Waals surface area contributed by atoms with Crippen LogP contribution in [0.2, 0.25) is 0 Å². The van der Waals surface area contributed by atoms with Crippen molar-refractivity contribution in [2.24, 2.45) is 5.73 Å². The quantitative estimate of drug-likeness (QED) is 0.855. The number of aliphatic hydroxyl groups excluding tert-OH is 1. The lowest BCUT2D eigenvalue weighted by molar-refractivity contribution is 0.262. The Kier molecular flexibility index (Phi) is 4.19. The number of nitrogens with two attached hydrogens (primary N) is 1. The Hall–Kier alpha value is -1.85. The average molecular weight is 261 g/mol. The van der Waals surface area contributed by atoms with E-state index in [9.17, 15) is 0 Å². The molecule has 3 N–H and O–H groups in total. The number of methoxy groups -OCH3 is 1. The largest absolute Gasteiger partial charge is 0.497 e. The smallest absolute Gasteiger partial charge is 0.118 e. The van der Waals surface area contributed by atoms with Gasteiger partial charge in [-0.05, 0) is 24.6 Å². The van der Waals surface area contributed by atoms with Gasteiger partial charge >= 0.3 is 0 Å². The summed E-state index contributed by atoms with van der Waals surface area (Å²) in [6.07, 6.45) is 3.43. The molecule has 0 saturated carbocycles. The molecule has 2 aromatic rings. The summed E-state index contributed by atoms with van der Waals surface area (Å²) in [7, 11) is 1.65. The van der Waals surface area contributed by atoms with Gasteiger partial charge in [-0.1, -0.05) is 12.1 Å². The third-order valence-electron chi connectivity index (χ3n) is 3.29. The predicted molar refractivity (Wildman–Crippen MR) is 73.0 cm³/mol. The van der Waals surface area contributed by atoms with Gasteiger partial charge in [0.2, 0.25) is 0 Å². The summed E-state index contributed by atoms with van der Waals surface area (Å²) < 4.78 is 7.12. The van der Waals surface area contributed by atoms with Gasteiger partial charge in [0.25, 0.3) is 0 Å².